The lowest BCUT2D eigenvalue weighted by Crippen LogP contribution is -2.47. The zero-order chi connectivity index (χ0) is 18.8. The summed E-state index contributed by atoms with van der Waals surface area (Å²) in [6.07, 6.45) is 7.75. The molecule has 0 radical (unpaired) electrons. The molecule has 0 aromatic rings. The first-order chi connectivity index (χ1) is 12.6. The molecule has 3 N–H and O–H groups in total. The van der Waals surface area contributed by atoms with Crippen LogP contribution in [0.15, 0.2) is 4.99 Å². The number of rotatable bonds is 8. The summed E-state index contributed by atoms with van der Waals surface area (Å²) in [6.45, 7) is 11.9. The smallest absolute Gasteiger partial charge is 0.217 e. The third-order valence-electron chi connectivity index (χ3n) is 5.66. The second-order valence-electron chi connectivity index (χ2n) is 8.09. The molecule has 1 unspecified atom stereocenters. The molecule has 0 bridgehead atoms. The number of aliphatic imine (C=N–C) groups is 1. The maximum atomic E-state index is 11.2. The van der Waals surface area contributed by atoms with E-state index in [0.717, 1.165) is 57.3 Å². The molecule has 27 heavy (non-hydrogen) atoms. The summed E-state index contributed by atoms with van der Waals surface area (Å²) in [7, 11) is 0. The van der Waals surface area contributed by atoms with Crippen LogP contribution in [0.5, 0.6) is 0 Å². The molecule has 158 valence electrons. The number of halogens is 1. The van der Waals surface area contributed by atoms with Crippen molar-refractivity contribution in [1.29, 1.82) is 0 Å². The van der Waals surface area contributed by atoms with Crippen LogP contribution in [0.2, 0.25) is 0 Å². The molecule has 2 rings (SSSR count). The lowest BCUT2D eigenvalue weighted by molar-refractivity contribution is -0.119. The second-order valence-corrected chi connectivity index (χ2v) is 8.09. The van der Waals surface area contributed by atoms with Gasteiger partial charge >= 0.3 is 0 Å². The van der Waals surface area contributed by atoms with Crippen LogP contribution in [0.1, 0.15) is 58.8 Å². The van der Waals surface area contributed by atoms with E-state index in [-0.39, 0.29) is 29.9 Å². The zero-order valence-corrected chi connectivity index (χ0v) is 19.6. The number of carbonyl (C=O) groups excluding carboxylic acids is 1. The number of guanidine groups is 1. The minimum atomic E-state index is -0.189. The van der Waals surface area contributed by atoms with Gasteiger partial charge in [0.15, 0.2) is 5.96 Å². The molecular formula is C20H40IN5O. The molecule has 0 aromatic heterocycles. The van der Waals surface area contributed by atoms with Crippen molar-refractivity contribution in [3.05, 3.63) is 0 Å². The van der Waals surface area contributed by atoms with Gasteiger partial charge in [0.25, 0.3) is 0 Å². The van der Waals surface area contributed by atoms with Crippen LogP contribution in [0, 0.1) is 11.8 Å². The van der Waals surface area contributed by atoms with Crippen LogP contribution in [0.4, 0.5) is 0 Å². The average Bonchev–Trinajstić information content (AvgIpc) is 2.62. The number of primary amides is 1. The molecule has 2 heterocycles. The van der Waals surface area contributed by atoms with E-state index in [9.17, 15) is 4.79 Å². The van der Waals surface area contributed by atoms with Gasteiger partial charge in [-0.1, -0.05) is 6.92 Å². The van der Waals surface area contributed by atoms with Gasteiger partial charge in [-0.25, -0.2) is 0 Å². The average molecular weight is 493 g/mol. The maximum absolute atomic E-state index is 11.2. The lowest BCUT2D eigenvalue weighted by Gasteiger charge is -2.34. The third kappa shape index (κ3) is 9.45. The highest BCUT2D eigenvalue weighted by Gasteiger charge is 2.23. The molecule has 2 aliphatic heterocycles. The van der Waals surface area contributed by atoms with Gasteiger partial charge in [0.1, 0.15) is 0 Å². The Morgan fingerprint density at radius 3 is 2.59 bits per heavy atom. The first-order valence-corrected chi connectivity index (χ1v) is 10.6. The van der Waals surface area contributed by atoms with Gasteiger partial charge in [-0.3, -0.25) is 9.79 Å². The van der Waals surface area contributed by atoms with Crippen molar-refractivity contribution in [3.8, 4) is 0 Å². The highest BCUT2D eigenvalue weighted by molar-refractivity contribution is 14.0. The molecule has 0 aromatic carbocycles. The predicted octanol–water partition coefficient (Wildman–Crippen LogP) is 2.67. The molecule has 7 heteroatoms. The Bertz CT molecular complexity index is 452. The molecule has 2 aliphatic rings. The predicted molar refractivity (Wildman–Crippen MR) is 124 cm³/mol. The molecule has 1 amide bonds. The Hall–Kier alpha value is -0.570. The summed E-state index contributed by atoms with van der Waals surface area (Å²) in [4.78, 5) is 21.0. The number of nitrogens with two attached hydrogens (primary N) is 1. The quantitative estimate of drug-likeness (QED) is 0.236. The summed E-state index contributed by atoms with van der Waals surface area (Å²) in [5.74, 6) is 2.09. The number of hydrogen-bond acceptors (Lipinski definition) is 3. The number of hydrogen-bond donors (Lipinski definition) is 2. The van der Waals surface area contributed by atoms with Crippen molar-refractivity contribution in [3.63, 3.8) is 0 Å². The van der Waals surface area contributed by atoms with E-state index in [2.05, 4.69) is 29.0 Å². The summed E-state index contributed by atoms with van der Waals surface area (Å²) >= 11 is 0. The minimum absolute atomic E-state index is 0. The maximum Gasteiger partial charge on any atom is 0.217 e. The Kier molecular flexibility index (Phi) is 12.3. The second kappa shape index (κ2) is 13.6. The highest BCUT2D eigenvalue weighted by Crippen LogP contribution is 2.19. The molecule has 2 fully saturated rings. The number of piperidine rings is 2. The lowest BCUT2D eigenvalue weighted by atomic mass is 9.95. The van der Waals surface area contributed by atoms with Gasteiger partial charge < -0.3 is 20.9 Å². The molecule has 0 aliphatic carbocycles. The number of unbranched alkanes of at least 4 members (excludes halogenated alkanes) is 1. The SMILES string of the molecule is CCNC(=NCCCCN1CCC(C)CC1)N1CCCC(CC(N)=O)C1.I. The molecule has 1 atom stereocenters. The standard InChI is InChI=1S/C20H39N5O.HI/c1-3-22-20(25-12-6-7-18(16-25)15-19(21)26)23-10-4-5-11-24-13-8-17(2)9-14-24;/h17-18H,3-16H2,1-2H3,(H2,21,26)(H,22,23);1H. The Morgan fingerprint density at radius 1 is 1.19 bits per heavy atom. The van der Waals surface area contributed by atoms with Gasteiger partial charge in [0.05, 0.1) is 0 Å². The number of amides is 1. The van der Waals surface area contributed by atoms with E-state index in [4.69, 9.17) is 10.7 Å². The molecule has 0 spiro atoms. The molecule has 2 saturated heterocycles. The van der Waals surface area contributed by atoms with E-state index in [1.165, 1.54) is 38.9 Å². The van der Waals surface area contributed by atoms with Crippen LogP contribution >= 0.6 is 24.0 Å². The van der Waals surface area contributed by atoms with E-state index < -0.39 is 0 Å². The van der Waals surface area contributed by atoms with E-state index >= 15 is 0 Å². The molecule has 6 nitrogen and oxygen atoms in total. The largest absolute Gasteiger partial charge is 0.370 e. The molecule has 0 saturated carbocycles. The fourth-order valence-corrected chi connectivity index (χ4v) is 4.05. The molecular weight excluding hydrogens is 453 g/mol. The van der Waals surface area contributed by atoms with Gasteiger partial charge in [0.2, 0.25) is 5.91 Å². The van der Waals surface area contributed by atoms with Crippen molar-refractivity contribution in [2.75, 3.05) is 45.8 Å². The van der Waals surface area contributed by atoms with Crippen molar-refractivity contribution >= 4 is 35.8 Å². The van der Waals surface area contributed by atoms with Crippen molar-refractivity contribution in [1.82, 2.24) is 15.1 Å². The Balaban J connectivity index is 0.00000364. The number of nitrogens with one attached hydrogen (secondary N) is 1. The summed E-state index contributed by atoms with van der Waals surface area (Å²) in [6, 6.07) is 0. The van der Waals surface area contributed by atoms with E-state index in [0.29, 0.717) is 12.3 Å². The first-order valence-electron chi connectivity index (χ1n) is 10.6. The summed E-state index contributed by atoms with van der Waals surface area (Å²) in [5.41, 5.74) is 5.38. The normalized spacial score (nSPS) is 22.4. The summed E-state index contributed by atoms with van der Waals surface area (Å²) in [5, 5.41) is 3.42. The summed E-state index contributed by atoms with van der Waals surface area (Å²) < 4.78 is 0. The highest BCUT2D eigenvalue weighted by atomic mass is 127. The van der Waals surface area contributed by atoms with Gasteiger partial charge in [-0.15, -0.1) is 24.0 Å². The fourth-order valence-electron chi connectivity index (χ4n) is 4.05. The minimum Gasteiger partial charge on any atom is -0.370 e. The van der Waals surface area contributed by atoms with Gasteiger partial charge in [0, 0.05) is 32.6 Å². The van der Waals surface area contributed by atoms with E-state index in [1.807, 2.05) is 0 Å². The van der Waals surface area contributed by atoms with Crippen molar-refractivity contribution in [2.45, 2.75) is 58.8 Å². The Morgan fingerprint density at radius 2 is 1.93 bits per heavy atom. The first kappa shape index (κ1) is 24.5. The van der Waals surface area contributed by atoms with Crippen LogP contribution in [0.25, 0.3) is 0 Å². The zero-order valence-electron chi connectivity index (χ0n) is 17.3. The number of carbonyl (C=O) groups is 1. The van der Waals surface area contributed by atoms with Crippen LogP contribution in [-0.4, -0.2) is 67.5 Å². The number of likely N-dealkylation sites (tertiary alicyclic amines) is 2. The van der Waals surface area contributed by atoms with Gasteiger partial charge in [-0.2, -0.15) is 0 Å². The topological polar surface area (TPSA) is 74.0 Å². The monoisotopic (exact) mass is 493 g/mol. The third-order valence-corrected chi connectivity index (χ3v) is 5.66. The van der Waals surface area contributed by atoms with Crippen LogP contribution in [0.3, 0.4) is 0 Å². The fraction of sp³-hybridized carbons (Fsp3) is 0.900. The number of nitrogens with zero attached hydrogens (tertiary/aromatic N) is 3. The van der Waals surface area contributed by atoms with Gasteiger partial charge in [-0.05, 0) is 76.9 Å². The Labute approximate surface area is 182 Å². The van der Waals surface area contributed by atoms with Crippen molar-refractivity contribution in [2.24, 2.45) is 22.6 Å². The van der Waals surface area contributed by atoms with Crippen molar-refractivity contribution < 1.29 is 4.79 Å². The van der Waals surface area contributed by atoms with Crippen LogP contribution in [-0.2, 0) is 4.79 Å². The van der Waals surface area contributed by atoms with E-state index in [1.54, 1.807) is 0 Å². The van der Waals surface area contributed by atoms with Crippen LogP contribution < -0.4 is 11.1 Å².